The minimum absolute atomic E-state index is 0.201. The van der Waals surface area contributed by atoms with Gasteiger partial charge in [-0.2, -0.15) is 8.42 Å². The fourth-order valence-electron chi connectivity index (χ4n) is 6.60. The fourth-order valence-corrected chi connectivity index (χ4v) is 7.11. The number of aliphatic hydroxyl groups is 5. The molecule has 0 spiro atoms. The van der Waals surface area contributed by atoms with Crippen molar-refractivity contribution in [3.63, 3.8) is 0 Å². The van der Waals surface area contributed by atoms with Gasteiger partial charge in [-0.3, -0.25) is 9.35 Å². The van der Waals surface area contributed by atoms with Crippen LogP contribution in [0.5, 0.6) is 0 Å². The van der Waals surface area contributed by atoms with Gasteiger partial charge in [0.05, 0.1) is 25.4 Å². The lowest BCUT2D eigenvalue weighted by Crippen LogP contribution is -2.61. The van der Waals surface area contributed by atoms with Crippen molar-refractivity contribution in [1.82, 2.24) is 5.32 Å². The van der Waals surface area contributed by atoms with E-state index in [1.807, 2.05) is 0 Å². The third-order valence-electron chi connectivity index (χ3n) is 10.2. The summed E-state index contributed by atoms with van der Waals surface area (Å²) in [6.07, 6.45) is 29.2. The van der Waals surface area contributed by atoms with Crippen molar-refractivity contribution in [3.05, 3.63) is 48.6 Å². The van der Waals surface area contributed by atoms with Crippen molar-refractivity contribution in [3.8, 4) is 0 Å². The highest BCUT2D eigenvalue weighted by molar-refractivity contribution is 7.80. The Labute approximate surface area is 350 Å². The third kappa shape index (κ3) is 27.0. The number of ether oxygens (including phenoxy) is 2. The van der Waals surface area contributed by atoms with E-state index in [1.165, 1.54) is 89.5 Å². The van der Waals surface area contributed by atoms with E-state index < -0.39 is 78.5 Å². The van der Waals surface area contributed by atoms with E-state index in [2.05, 4.69) is 59.8 Å². The maximum atomic E-state index is 13.0. The van der Waals surface area contributed by atoms with Crippen LogP contribution in [0, 0.1) is 0 Å². The average Bonchev–Trinajstić information content (AvgIpc) is 3.19. The molecule has 1 heterocycles. The maximum Gasteiger partial charge on any atom is 0.397 e. The summed E-state index contributed by atoms with van der Waals surface area (Å²) in [6.45, 7) is 3.14. The zero-order valence-corrected chi connectivity index (χ0v) is 36.3. The molecule has 0 saturated carbocycles. The molecule has 14 heteroatoms. The van der Waals surface area contributed by atoms with Crippen LogP contribution < -0.4 is 5.32 Å². The molecular formula is C44H79NO12S. The molecule has 1 rings (SSSR count). The number of aliphatic hydroxyl groups excluding tert-OH is 5. The number of amides is 1. The van der Waals surface area contributed by atoms with Gasteiger partial charge in [-0.25, -0.2) is 4.18 Å². The van der Waals surface area contributed by atoms with E-state index in [-0.39, 0.29) is 6.42 Å². The van der Waals surface area contributed by atoms with E-state index in [4.69, 9.17) is 14.0 Å². The second kappa shape index (κ2) is 34.7. The van der Waals surface area contributed by atoms with Crippen molar-refractivity contribution < 1.29 is 57.0 Å². The van der Waals surface area contributed by atoms with Crippen molar-refractivity contribution >= 4 is 16.3 Å². The summed E-state index contributed by atoms with van der Waals surface area (Å²) < 4.78 is 47.4. The lowest BCUT2D eigenvalue weighted by atomic mass is 9.99. The molecule has 0 aromatic heterocycles. The monoisotopic (exact) mass is 846 g/mol. The van der Waals surface area contributed by atoms with Crippen LogP contribution in [0.2, 0.25) is 0 Å². The molecule has 13 nitrogen and oxygen atoms in total. The summed E-state index contributed by atoms with van der Waals surface area (Å²) in [6, 6.07) is -1.15. The molecular weight excluding hydrogens is 767 g/mol. The summed E-state index contributed by atoms with van der Waals surface area (Å²) in [5, 5.41) is 55.0. The number of hydrogen-bond donors (Lipinski definition) is 7. The number of unbranched alkanes of at least 4 members (excludes halogenated alkanes) is 17. The lowest BCUT2D eigenvalue weighted by Gasteiger charge is -2.41. The van der Waals surface area contributed by atoms with Gasteiger partial charge in [0.25, 0.3) is 0 Å². The highest BCUT2D eigenvalue weighted by Crippen LogP contribution is 2.26. The Morgan fingerprint density at radius 3 is 1.66 bits per heavy atom. The van der Waals surface area contributed by atoms with Crippen LogP contribution in [-0.2, 0) is 28.9 Å². The number of carbonyl (C=O) groups excluding carboxylic acids is 1. The topological polar surface area (TPSA) is 212 Å². The standard InChI is InChI=1S/C44H79NO12S/c1-3-5-7-9-11-13-15-17-18-19-20-21-23-24-26-28-30-32-37(47)36(35-55-44-41(50)42(57-58(52,53)54)40(49)39(34-46)56-44)45-43(51)38(48)33-31-29-27-25-22-16-14-12-10-8-6-4-2/h18-19,22-25,30,32,36-42,44,46-50H,3-17,20-21,26-29,31,33-35H2,1-2H3,(H,45,51)(H,52,53,54)/b19-18+,24-23+,25-22-,32-30+. The van der Waals surface area contributed by atoms with Crippen LogP contribution in [0.1, 0.15) is 162 Å². The zero-order chi connectivity index (χ0) is 42.9. The molecule has 1 aliphatic rings. The van der Waals surface area contributed by atoms with Gasteiger partial charge in [0.1, 0.15) is 30.5 Å². The van der Waals surface area contributed by atoms with Crippen LogP contribution in [0.3, 0.4) is 0 Å². The quantitative estimate of drug-likeness (QED) is 0.0192. The number of carbonyl (C=O) groups is 1. The zero-order valence-electron chi connectivity index (χ0n) is 35.5. The first-order valence-electron chi connectivity index (χ1n) is 22.1. The van der Waals surface area contributed by atoms with Crippen molar-refractivity contribution in [2.45, 2.75) is 210 Å². The lowest BCUT2D eigenvalue weighted by molar-refractivity contribution is -0.298. The van der Waals surface area contributed by atoms with E-state index >= 15 is 0 Å². The normalized spacial score (nSPS) is 22.1. The number of nitrogens with one attached hydrogen (secondary N) is 1. The van der Waals surface area contributed by atoms with Crippen molar-refractivity contribution in [1.29, 1.82) is 0 Å². The minimum atomic E-state index is -5.12. The smallest absolute Gasteiger partial charge is 0.394 e. The molecule has 0 radical (unpaired) electrons. The predicted octanol–water partition coefficient (Wildman–Crippen LogP) is 7.07. The van der Waals surface area contributed by atoms with Crippen LogP contribution in [-0.4, -0.2) is 107 Å². The Morgan fingerprint density at radius 2 is 1.16 bits per heavy atom. The Morgan fingerprint density at radius 1 is 0.690 bits per heavy atom. The molecule has 1 saturated heterocycles. The van der Waals surface area contributed by atoms with Gasteiger partial charge in [-0.15, -0.1) is 0 Å². The Kier molecular flexibility index (Phi) is 32.3. The second-order valence-electron chi connectivity index (χ2n) is 15.4. The predicted molar refractivity (Wildman–Crippen MR) is 228 cm³/mol. The first kappa shape index (κ1) is 54.0. The number of rotatable bonds is 36. The molecule has 7 N–H and O–H groups in total. The SMILES string of the molecule is CCCCCCCC/C=C\CCCCC(O)C(=O)NC(COC1OC(CO)C(O)C(OS(=O)(=O)O)C1O)C(O)/C=C/CC/C=C/CC/C=C/CCCCCCCCC. The van der Waals surface area contributed by atoms with Gasteiger partial charge in [0.15, 0.2) is 6.29 Å². The van der Waals surface area contributed by atoms with Gasteiger partial charge in [0, 0.05) is 0 Å². The number of hydrogen-bond acceptors (Lipinski definition) is 11. The minimum Gasteiger partial charge on any atom is -0.394 e. The number of allylic oxidation sites excluding steroid dienone is 7. The Bertz CT molecular complexity index is 1240. The van der Waals surface area contributed by atoms with E-state index in [0.717, 1.165) is 44.9 Å². The van der Waals surface area contributed by atoms with Gasteiger partial charge in [-0.05, 0) is 70.6 Å². The molecule has 0 aromatic rings. The van der Waals surface area contributed by atoms with Gasteiger partial charge >= 0.3 is 10.4 Å². The van der Waals surface area contributed by atoms with Crippen LogP contribution in [0.4, 0.5) is 0 Å². The van der Waals surface area contributed by atoms with E-state index in [9.17, 15) is 38.7 Å². The summed E-state index contributed by atoms with van der Waals surface area (Å²) in [4.78, 5) is 13.0. The molecule has 1 aliphatic heterocycles. The summed E-state index contributed by atoms with van der Waals surface area (Å²) in [7, 11) is -5.12. The van der Waals surface area contributed by atoms with Gasteiger partial charge in [-0.1, -0.05) is 140 Å². The fraction of sp³-hybridized carbons (Fsp3) is 0.795. The summed E-state index contributed by atoms with van der Waals surface area (Å²) in [5.74, 6) is -0.736. The molecule has 1 amide bonds. The molecule has 0 aromatic carbocycles. The second-order valence-corrected chi connectivity index (χ2v) is 16.4. The van der Waals surface area contributed by atoms with E-state index in [0.29, 0.717) is 12.8 Å². The van der Waals surface area contributed by atoms with Crippen LogP contribution >= 0.6 is 0 Å². The third-order valence-corrected chi connectivity index (χ3v) is 10.6. The first-order valence-corrected chi connectivity index (χ1v) is 23.5. The molecule has 8 atom stereocenters. The Balaban J connectivity index is 2.69. The molecule has 0 aliphatic carbocycles. The van der Waals surface area contributed by atoms with Gasteiger partial charge < -0.3 is 40.3 Å². The molecule has 8 unspecified atom stereocenters. The molecule has 338 valence electrons. The van der Waals surface area contributed by atoms with Crippen molar-refractivity contribution in [2.75, 3.05) is 13.2 Å². The van der Waals surface area contributed by atoms with Crippen LogP contribution in [0.15, 0.2) is 48.6 Å². The highest BCUT2D eigenvalue weighted by atomic mass is 32.3. The summed E-state index contributed by atoms with van der Waals surface area (Å²) in [5.41, 5.74) is 0. The average molecular weight is 846 g/mol. The highest BCUT2D eigenvalue weighted by Gasteiger charge is 2.48. The van der Waals surface area contributed by atoms with E-state index in [1.54, 1.807) is 6.08 Å². The maximum absolute atomic E-state index is 13.0. The molecule has 0 bridgehead atoms. The summed E-state index contributed by atoms with van der Waals surface area (Å²) >= 11 is 0. The van der Waals surface area contributed by atoms with Crippen LogP contribution in [0.25, 0.3) is 0 Å². The Hall–Kier alpha value is -1.98. The van der Waals surface area contributed by atoms with Gasteiger partial charge in [0.2, 0.25) is 5.91 Å². The molecule has 58 heavy (non-hydrogen) atoms. The van der Waals surface area contributed by atoms with Crippen molar-refractivity contribution in [2.24, 2.45) is 0 Å². The largest absolute Gasteiger partial charge is 0.397 e. The molecule has 1 fully saturated rings. The first-order chi connectivity index (χ1) is 27.9.